The van der Waals surface area contributed by atoms with Gasteiger partial charge >= 0.3 is 6.01 Å². The van der Waals surface area contributed by atoms with Gasteiger partial charge in [0.1, 0.15) is 24.3 Å². The van der Waals surface area contributed by atoms with E-state index in [-0.39, 0.29) is 13.1 Å². The van der Waals surface area contributed by atoms with Crippen molar-refractivity contribution in [1.29, 1.82) is 0 Å². The largest absolute Gasteiger partial charge is 0.462 e. The molecular weight excluding hydrogens is 615 g/mol. The number of piperazine rings is 1. The van der Waals surface area contributed by atoms with Crippen LogP contribution in [0.3, 0.4) is 0 Å². The summed E-state index contributed by atoms with van der Waals surface area (Å²) in [4.78, 5) is 38.7. The summed E-state index contributed by atoms with van der Waals surface area (Å²) in [6, 6.07) is 8.28. The van der Waals surface area contributed by atoms with Gasteiger partial charge < -0.3 is 29.2 Å². The Hall–Kier alpha value is -3.82. The standard InChI is InChI=1S/C31H34BrFN8O2/c1-20(33)30(42)41-15-14-40(17-23(41)16-34-2)28-24-10-13-39(29-27-21(9-11-35-29)6-4-8-25(27)32)18-26(24)36-31(37-28)43-19-22-7-5-12-38(22)3/h4,6,8-9,11,22-23H,1,5,7,10,12-19H2,3H3/t22-,23-/m0/s1. The number of rotatable bonds is 7. The predicted octanol–water partition coefficient (Wildman–Crippen LogP) is 4.24. The van der Waals surface area contributed by atoms with Gasteiger partial charge in [-0.2, -0.15) is 9.97 Å². The maximum Gasteiger partial charge on any atom is 0.318 e. The SMILES string of the molecule is [C-]#[N+]C[C@H]1CN(c2nc(OC[C@@H]3CCCN3C)nc3c2CCN(c2nccc4cccc(Br)c24)C3)CCN1C(=O)C(=C)F. The lowest BCUT2D eigenvalue weighted by Gasteiger charge is -2.41. The van der Waals surface area contributed by atoms with Crippen molar-refractivity contribution >= 4 is 44.2 Å². The Morgan fingerprint density at radius 1 is 1.16 bits per heavy atom. The number of halogens is 2. The molecule has 0 saturated carbocycles. The minimum Gasteiger partial charge on any atom is -0.462 e. The molecule has 2 saturated heterocycles. The molecule has 0 spiro atoms. The van der Waals surface area contributed by atoms with Gasteiger partial charge in [0.2, 0.25) is 6.54 Å². The van der Waals surface area contributed by atoms with Crippen LogP contribution in [0.1, 0.15) is 24.1 Å². The third kappa shape index (κ3) is 5.88. The molecule has 1 amide bonds. The molecular formula is C31H34BrFN8O2. The molecule has 43 heavy (non-hydrogen) atoms. The zero-order chi connectivity index (χ0) is 30.1. The summed E-state index contributed by atoms with van der Waals surface area (Å²) < 4.78 is 21.0. The molecule has 2 atom stereocenters. The number of hydrogen-bond donors (Lipinski definition) is 0. The van der Waals surface area contributed by atoms with Gasteiger partial charge in [0.15, 0.2) is 5.83 Å². The van der Waals surface area contributed by atoms with E-state index in [0.29, 0.717) is 44.7 Å². The van der Waals surface area contributed by atoms with E-state index in [1.165, 1.54) is 4.90 Å². The number of fused-ring (bicyclic) bond motifs is 2. The first kappa shape index (κ1) is 29.3. The molecule has 5 heterocycles. The smallest absolute Gasteiger partial charge is 0.318 e. The quantitative estimate of drug-likeness (QED) is 0.278. The second kappa shape index (κ2) is 12.4. The Morgan fingerprint density at radius 2 is 2.02 bits per heavy atom. The number of amides is 1. The molecule has 0 bridgehead atoms. The van der Waals surface area contributed by atoms with Gasteiger partial charge in [-0.25, -0.2) is 15.9 Å². The van der Waals surface area contributed by atoms with Crippen LogP contribution in [0.5, 0.6) is 6.01 Å². The van der Waals surface area contributed by atoms with Crippen molar-refractivity contribution in [2.75, 3.05) is 62.7 Å². The van der Waals surface area contributed by atoms with Gasteiger partial charge in [-0.05, 0) is 50.4 Å². The zero-order valence-corrected chi connectivity index (χ0v) is 25.8. The number of benzene rings is 1. The first-order chi connectivity index (χ1) is 20.8. The molecule has 3 aromatic rings. The lowest BCUT2D eigenvalue weighted by Crippen LogP contribution is -2.57. The first-order valence-electron chi connectivity index (χ1n) is 14.6. The number of carbonyl (C=O) groups excluding carboxylic acids is 1. The third-order valence-corrected chi connectivity index (χ3v) is 9.36. The average molecular weight is 650 g/mol. The molecule has 3 aliphatic heterocycles. The van der Waals surface area contributed by atoms with Crippen molar-refractivity contribution in [3.63, 3.8) is 0 Å². The molecule has 6 rings (SSSR count). The van der Waals surface area contributed by atoms with Gasteiger partial charge in [0.25, 0.3) is 5.91 Å². The van der Waals surface area contributed by atoms with E-state index in [2.05, 4.69) is 55.2 Å². The van der Waals surface area contributed by atoms with Crippen molar-refractivity contribution in [2.45, 2.75) is 37.9 Å². The summed E-state index contributed by atoms with van der Waals surface area (Å²) in [6.45, 7) is 14.6. The summed E-state index contributed by atoms with van der Waals surface area (Å²) in [6.07, 6.45) is 4.73. The van der Waals surface area contributed by atoms with Crippen LogP contribution in [0, 0.1) is 6.57 Å². The third-order valence-electron chi connectivity index (χ3n) is 8.70. The summed E-state index contributed by atoms with van der Waals surface area (Å²) in [5.41, 5.74) is 1.89. The molecule has 12 heteroatoms. The van der Waals surface area contributed by atoms with Crippen molar-refractivity contribution in [3.8, 4) is 6.01 Å². The maximum absolute atomic E-state index is 13.8. The summed E-state index contributed by atoms with van der Waals surface area (Å²) in [5, 5.41) is 2.16. The van der Waals surface area contributed by atoms with Crippen LogP contribution in [0.25, 0.3) is 15.6 Å². The minimum atomic E-state index is -1.01. The van der Waals surface area contributed by atoms with Gasteiger partial charge in [-0.15, -0.1) is 0 Å². The lowest BCUT2D eigenvalue weighted by atomic mass is 10.0. The highest BCUT2D eigenvalue weighted by molar-refractivity contribution is 9.10. The van der Waals surface area contributed by atoms with E-state index in [9.17, 15) is 9.18 Å². The second-order valence-electron chi connectivity index (χ2n) is 11.3. The van der Waals surface area contributed by atoms with E-state index >= 15 is 0 Å². The molecule has 0 aliphatic carbocycles. The molecule has 224 valence electrons. The number of pyridine rings is 1. The summed E-state index contributed by atoms with van der Waals surface area (Å²) in [7, 11) is 2.11. The Labute approximate surface area is 259 Å². The van der Waals surface area contributed by atoms with Gasteiger partial charge in [0.05, 0.1) is 12.2 Å². The fourth-order valence-corrected chi connectivity index (χ4v) is 6.96. The molecule has 0 radical (unpaired) electrons. The van der Waals surface area contributed by atoms with Crippen molar-refractivity contribution < 1.29 is 13.9 Å². The normalized spacial score (nSPS) is 20.7. The highest BCUT2D eigenvalue weighted by atomic mass is 79.9. The summed E-state index contributed by atoms with van der Waals surface area (Å²) in [5.74, 6) is -0.120. The molecule has 3 aliphatic rings. The van der Waals surface area contributed by atoms with E-state index in [4.69, 9.17) is 26.3 Å². The molecule has 0 N–H and O–H groups in total. The predicted molar refractivity (Wildman–Crippen MR) is 167 cm³/mol. The number of nitrogens with zero attached hydrogens (tertiary/aromatic N) is 8. The Balaban J connectivity index is 1.34. The number of carbonyl (C=O) groups is 1. The number of likely N-dealkylation sites (tertiary alicyclic amines) is 1. The Morgan fingerprint density at radius 3 is 2.79 bits per heavy atom. The maximum atomic E-state index is 13.8. The van der Waals surface area contributed by atoms with Crippen LogP contribution in [0.2, 0.25) is 0 Å². The van der Waals surface area contributed by atoms with Crippen LogP contribution in [0.4, 0.5) is 16.0 Å². The minimum absolute atomic E-state index is 0.0651. The first-order valence-corrected chi connectivity index (χ1v) is 15.4. The lowest BCUT2D eigenvalue weighted by molar-refractivity contribution is -0.131. The van der Waals surface area contributed by atoms with E-state index in [0.717, 1.165) is 64.1 Å². The van der Waals surface area contributed by atoms with Crippen molar-refractivity contribution in [2.24, 2.45) is 0 Å². The van der Waals surface area contributed by atoms with Crippen LogP contribution in [-0.2, 0) is 17.8 Å². The highest BCUT2D eigenvalue weighted by Crippen LogP contribution is 2.36. The monoisotopic (exact) mass is 648 g/mol. The van der Waals surface area contributed by atoms with Crippen LogP contribution in [-0.4, -0.2) is 95.7 Å². The Kier molecular flexibility index (Phi) is 8.45. The number of aromatic nitrogens is 3. The number of ether oxygens (including phenoxy) is 1. The van der Waals surface area contributed by atoms with E-state index < -0.39 is 17.8 Å². The molecule has 1 aromatic carbocycles. The van der Waals surface area contributed by atoms with Gasteiger partial charge in [-0.1, -0.05) is 34.6 Å². The zero-order valence-electron chi connectivity index (χ0n) is 24.2. The van der Waals surface area contributed by atoms with Gasteiger partial charge in [0, 0.05) is 53.8 Å². The molecule has 2 fully saturated rings. The number of anilines is 2. The molecule has 2 aromatic heterocycles. The van der Waals surface area contributed by atoms with E-state index in [1.807, 2.05) is 24.4 Å². The van der Waals surface area contributed by atoms with Crippen molar-refractivity contribution in [3.05, 3.63) is 70.0 Å². The number of hydrogen-bond acceptors (Lipinski definition) is 8. The van der Waals surface area contributed by atoms with Crippen LogP contribution in [0.15, 0.2) is 47.3 Å². The van der Waals surface area contributed by atoms with Crippen LogP contribution < -0.4 is 14.5 Å². The fourth-order valence-electron chi connectivity index (χ4n) is 6.40. The topological polar surface area (TPSA) is 82.3 Å². The van der Waals surface area contributed by atoms with Crippen molar-refractivity contribution in [1.82, 2.24) is 24.8 Å². The van der Waals surface area contributed by atoms with E-state index in [1.54, 1.807) is 0 Å². The van der Waals surface area contributed by atoms with Gasteiger partial charge in [-0.3, -0.25) is 4.79 Å². The highest BCUT2D eigenvalue weighted by Gasteiger charge is 2.36. The number of likely N-dealkylation sites (N-methyl/N-ethyl adjacent to an activating group) is 1. The fraction of sp³-hybridized carbons (Fsp3) is 0.452. The van der Waals surface area contributed by atoms with Crippen LogP contribution >= 0.6 is 15.9 Å². The summed E-state index contributed by atoms with van der Waals surface area (Å²) >= 11 is 3.72. The average Bonchev–Trinajstić information content (AvgIpc) is 3.43. The second-order valence-corrected chi connectivity index (χ2v) is 12.2. The molecule has 0 unspecified atom stereocenters. The molecule has 10 nitrogen and oxygen atoms in total. The Bertz CT molecular complexity index is 1590.